The van der Waals surface area contributed by atoms with Crippen molar-refractivity contribution in [1.82, 2.24) is 14.7 Å². The molecule has 0 aromatic rings. The summed E-state index contributed by atoms with van der Waals surface area (Å²) in [7, 11) is 3.93. The molecule has 7 nitrogen and oxygen atoms in total. The third kappa shape index (κ3) is 3.93. The first-order valence-corrected chi connectivity index (χ1v) is 7.58. The molecule has 2 rings (SSSR count). The zero-order chi connectivity index (χ0) is 15.4. The number of nitrogens with two attached hydrogens (primary N) is 1. The zero-order valence-electron chi connectivity index (χ0n) is 13.0. The number of likely N-dealkylation sites (tertiary alicyclic amines) is 1. The number of hydrogen-bond donors (Lipinski definition) is 1. The topological polar surface area (TPSA) is 79.1 Å². The number of rotatable bonds is 5. The second kappa shape index (κ2) is 7.20. The molecule has 0 saturated carbocycles. The standard InChI is InChI=1S/C14H26N4O3/c1-16(2)5-4-12(18-6-3-11(15)13(18)19)14(20)17-7-9-21-10-8-17/h11-12H,3-10,15H2,1-2H3/t11-,12-/m0/s1. The van der Waals surface area contributed by atoms with Crippen LogP contribution in [0.3, 0.4) is 0 Å². The van der Waals surface area contributed by atoms with Gasteiger partial charge in [-0.2, -0.15) is 0 Å². The molecule has 2 atom stereocenters. The summed E-state index contributed by atoms with van der Waals surface area (Å²) >= 11 is 0. The monoisotopic (exact) mass is 298 g/mol. The first kappa shape index (κ1) is 16.2. The highest BCUT2D eigenvalue weighted by Gasteiger charge is 2.38. The summed E-state index contributed by atoms with van der Waals surface area (Å²) in [6, 6.07) is -0.851. The van der Waals surface area contributed by atoms with Crippen molar-refractivity contribution in [1.29, 1.82) is 0 Å². The van der Waals surface area contributed by atoms with Crippen molar-refractivity contribution in [2.75, 3.05) is 53.5 Å². The van der Waals surface area contributed by atoms with E-state index in [0.29, 0.717) is 45.7 Å². The third-order valence-corrected chi connectivity index (χ3v) is 4.12. The van der Waals surface area contributed by atoms with E-state index in [9.17, 15) is 9.59 Å². The number of ether oxygens (including phenoxy) is 1. The number of nitrogens with zero attached hydrogens (tertiary/aromatic N) is 3. The van der Waals surface area contributed by atoms with Crippen LogP contribution >= 0.6 is 0 Å². The predicted octanol–water partition coefficient (Wildman–Crippen LogP) is -1.27. The van der Waals surface area contributed by atoms with Gasteiger partial charge in [0.1, 0.15) is 6.04 Å². The Balaban J connectivity index is 2.07. The molecular weight excluding hydrogens is 272 g/mol. The smallest absolute Gasteiger partial charge is 0.245 e. The van der Waals surface area contributed by atoms with Gasteiger partial charge in [-0.05, 0) is 33.5 Å². The normalized spacial score (nSPS) is 24.8. The van der Waals surface area contributed by atoms with Crippen LogP contribution in [0.5, 0.6) is 0 Å². The summed E-state index contributed by atoms with van der Waals surface area (Å²) in [6.07, 6.45) is 1.27. The van der Waals surface area contributed by atoms with Crippen LogP contribution in [-0.2, 0) is 14.3 Å². The fourth-order valence-corrected chi connectivity index (χ4v) is 2.82. The number of amides is 2. The van der Waals surface area contributed by atoms with Gasteiger partial charge in [0.2, 0.25) is 11.8 Å². The number of carbonyl (C=O) groups excluding carboxylic acids is 2. The molecule has 0 radical (unpaired) electrons. The molecule has 2 aliphatic rings. The van der Waals surface area contributed by atoms with E-state index in [1.165, 1.54) is 0 Å². The lowest BCUT2D eigenvalue weighted by molar-refractivity contribution is -0.147. The summed E-state index contributed by atoms with van der Waals surface area (Å²) in [4.78, 5) is 30.4. The maximum absolute atomic E-state index is 12.8. The van der Waals surface area contributed by atoms with E-state index in [0.717, 1.165) is 6.54 Å². The Kier molecular flexibility index (Phi) is 5.55. The Labute approximate surface area is 126 Å². The summed E-state index contributed by atoms with van der Waals surface area (Å²) in [6.45, 7) is 3.68. The highest BCUT2D eigenvalue weighted by molar-refractivity contribution is 5.91. The lowest BCUT2D eigenvalue weighted by Crippen LogP contribution is -2.53. The van der Waals surface area contributed by atoms with Crippen molar-refractivity contribution in [3.63, 3.8) is 0 Å². The van der Waals surface area contributed by atoms with Crippen molar-refractivity contribution in [2.24, 2.45) is 5.73 Å². The molecule has 2 aliphatic heterocycles. The average molecular weight is 298 g/mol. The molecule has 0 bridgehead atoms. The molecule has 2 amide bonds. The van der Waals surface area contributed by atoms with Crippen LogP contribution in [0.25, 0.3) is 0 Å². The number of carbonyl (C=O) groups is 2. The van der Waals surface area contributed by atoms with Gasteiger partial charge in [0.05, 0.1) is 19.3 Å². The molecule has 2 saturated heterocycles. The summed E-state index contributed by atoms with van der Waals surface area (Å²) in [5.74, 6) is -0.0667. The van der Waals surface area contributed by atoms with E-state index in [2.05, 4.69) is 0 Å². The lowest BCUT2D eigenvalue weighted by atomic mass is 10.1. The third-order valence-electron chi connectivity index (χ3n) is 4.12. The second-order valence-electron chi connectivity index (χ2n) is 5.97. The van der Waals surface area contributed by atoms with E-state index in [1.807, 2.05) is 19.0 Å². The van der Waals surface area contributed by atoms with Crippen molar-refractivity contribution < 1.29 is 14.3 Å². The van der Waals surface area contributed by atoms with Crippen molar-refractivity contribution in [3.8, 4) is 0 Å². The molecule has 120 valence electrons. The van der Waals surface area contributed by atoms with E-state index < -0.39 is 12.1 Å². The van der Waals surface area contributed by atoms with Crippen LogP contribution in [0.4, 0.5) is 0 Å². The Hall–Kier alpha value is -1.18. The van der Waals surface area contributed by atoms with Gasteiger partial charge >= 0.3 is 0 Å². The van der Waals surface area contributed by atoms with Crippen LogP contribution in [0.15, 0.2) is 0 Å². The fraction of sp³-hybridized carbons (Fsp3) is 0.857. The van der Waals surface area contributed by atoms with E-state index >= 15 is 0 Å². The van der Waals surface area contributed by atoms with Crippen molar-refractivity contribution in [2.45, 2.75) is 24.9 Å². The minimum absolute atomic E-state index is 0.0302. The Bertz CT molecular complexity index is 382. The maximum Gasteiger partial charge on any atom is 0.245 e. The molecule has 2 fully saturated rings. The molecule has 0 aromatic heterocycles. The summed E-state index contributed by atoms with van der Waals surface area (Å²) < 4.78 is 5.29. The van der Waals surface area contributed by atoms with Crippen molar-refractivity contribution >= 4 is 11.8 Å². The molecular formula is C14H26N4O3. The Morgan fingerprint density at radius 2 is 2.05 bits per heavy atom. The van der Waals surface area contributed by atoms with Crippen LogP contribution in [-0.4, -0.2) is 92.1 Å². The number of morpholine rings is 1. The first-order valence-electron chi connectivity index (χ1n) is 7.58. The van der Waals surface area contributed by atoms with Gasteiger partial charge in [-0.3, -0.25) is 9.59 Å². The fourth-order valence-electron chi connectivity index (χ4n) is 2.82. The highest BCUT2D eigenvalue weighted by Crippen LogP contribution is 2.18. The van der Waals surface area contributed by atoms with Crippen LogP contribution < -0.4 is 5.73 Å². The second-order valence-corrected chi connectivity index (χ2v) is 5.97. The largest absolute Gasteiger partial charge is 0.378 e. The summed E-state index contributed by atoms with van der Waals surface area (Å²) in [5.41, 5.74) is 5.79. The molecule has 0 spiro atoms. The minimum Gasteiger partial charge on any atom is -0.378 e. The van der Waals surface area contributed by atoms with Crippen LogP contribution in [0.1, 0.15) is 12.8 Å². The molecule has 2 N–H and O–H groups in total. The predicted molar refractivity (Wildman–Crippen MR) is 78.7 cm³/mol. The Morgan fingerprint density at radius 1 is 1.38 bits per heavy atom. The van der Waals surface area contributed by atoms with Gasteiger partial charge < -0.3 is 25.2 Å². The average Bonchev–Trinajstić information content (AvgIpc) is 2.80. The number of hydrogen-bond acceptors (Lipinski definition) is 5. The van der Waals surface area contributed by atoms with Gasteiger partial charge in [-0.15, -0.1) is 0 Å². The van der Waals surface area contributed by atoms with Gasteiger partial charge in [-0.1, -0.05) is 0 Å². The SMILES string of the molecule is CN(C)CC[C@@H](C(=O)N1CCOCC1)N1CC[C@H](N)C1=O. The minimum atomic E-state index is -0.454. The van der Waals surface area contributed by atoms with Crippen LogP contribution in [0, 0.1) is 0 Å². The molecule has 21 heavy (non-hydrogen) atoms. The van der Waals surface area contributed by atoms with E-state index in [4.69, 9.17) is 10.5 Å². The van der Waals surface area contributed by atoms with Crippen molar-refractivity contribution in [3.05, 3.63) is 0 Å². The van der Waals surface area contributed by atoms with Gasteiger partial charge in [0.15, 0.2) is 0 Å². The first-order chi connectivity index (χ1) is 10.0. The molecule has 0 aliphatic carbocycles. The van der Waals surface area contributed by atoms with Crippen LogP contribution in [0.2, 0.25) is 0 Å². The maximum atomic E-state index is 12.8. The quantitative estimate of drug-likeness (QED) is 0.684. The molecule has 7 heteroatoms. The van der Waals surface area contributed by atoms with E-state index in [-0.39, 0.29) is 11.8 Å². The molecule has 0 aromatic carbocycles. The van der Waals surface area contributed by atoms with Gasteiger partial charge in [0, 0.05) is 19.6 Å². The van der Waals surface area contributed by atoms with Gasteiger partial charge in [0.25, 0.3) is 0 Å². The zero-order valence-corrected chi connectivity index (χ0v) is 13.0. The lowest BCUT2D eigenvalue weighted by Gasteiger charge is -2.34. The molecule has 0 unspecified atom stereocenters. The van der Waals surface area contributed by atoms with E-state index in [1.54, 1.807) is 9.80 Å². The van der Waals surface area contributed by atoms with Gasteiger partial charge in [-0.25, -0.2) is 0 Å². The summed E-state index contributed by atoms with van der Waals surface area (Å²) in [5, 5.41) is 0. The Morgan fingerprint density at radius 3 is 2.57 bits per heavy atom. The highest BCUT2D eigenvalue weighted by atomic mass is 16.5. The molecule has 2 heterocycles.